The van der Waals surface area contributed by atoms with Crippen LogP contribution in [0, 0.1) is 12.8 Å². The number of hydrogen-bond acceptors (Lipinski definition) is 3. The van der Waals surface area contributed by atoms with Crippen molar-refractivity contribution < 1.29 is 5.21 Å². The molecule has 2 rings (SSSR count). The largest absolute Gasteiger partial charge is 0.409 e. The number of hydrogen-bond donors (Lipinski definition) is 2. The van der Waals surface area contributed by atoms with Gasteiger partial charge in [-0.2, -0.15) is 0 Å². The predicted octanol–water partition coefficient (Wildman–Crippen LogP) is 2.71. The molecule has 20 heavy (non-hydrogen) atoms. The molecule has 1 aromatic carbocycles. The monoisotopic (exact) mass is 275 g/mol. The third-order valence-electron chi connectivity index (χ3n) is 4.04. The van der Waals surface area contributed by atoms with E-state index in [1.54, 1.807) is 0 Å². The number of amidine groups is 1. The van der Waals surface area contributed by atoms with Crippen molar-refractivity contribution in [3.05, 3.63) is 34.9 Å². The summed E-state index contributed by atoms with van der Waals surface area (Å²) in [5.74, 6) is 1.06. The van der Waals surface area contributed by atoms with Crippen LogP contribution in [0.5, 0.6) is 0 Å². The van der Waals surface area contributed by atoms with Crippen LogP contribution >= 0.6 is 0 Å². The minimum Gasteiger partial charge on any atom is -0.409 e. The van der Waals surface area contributed by atoms with Crippen molar-refractivity contribution in [1.29, 1.82) is 0 Å². The zero-order chi connectivity index (χ0) is 14.7. The van der Waals surface area contributed by atoms with E-state index in [1.807, 2.05) is 12.1 Å². The van der Waals surface area contributed by atoms with Gasteiger partial charge in [-0.1, -0.05) is 17.3 Å². The molecular formula is C16H25N3O. The number of nitrogens with zero attached hydrogens (tertiary/aromatic N) is 2. The average molecular weight is 275 g/mol. The average Bonchev–Trinajstić information content (AvgIpc) is 3.22. The first-order valence-electron chi connectivity index (χ1n) is 7.32. The lowest BCUT2D eigenvalue weighted by Crippen LogP contribution is -2.32. The summed E-state index contributed by atoms with van der Waals surface area (Å²) in [5, 5.41) is 11.8. The fourth-order valence-corrected chi connectivity index (χ4v) is 2.40. The molecule has 1 aliphatic carbocycles. The molecule has 0 heterocycles. The molecule has 0 unspecified atom stereocenters. The van der Waals surface area contributed by atoms with Gasteiger partial charge < -0.3 is 10.9 Å². The van der Waals surface area contributed by atoms with E-state index in [1.165, 1.54) is 30.5 Å². The Labute approximate surface area is 121 Å². The van der Waals surface area contributed by atoms with Crippen molar-refractivity contribution in [2.75, 3.05) is 6.54 Å². The minimum atomic E-state index is 0.165. The topological polar surface area (TPSA) is 61.9 Å². The lowest BCUT2D eigenvalue weighted by Gasteiger charge is -2.27. The van der Waals surface area contributed by atoms with Crippen LogP contribution < -0.4 is 5.73 Å². The highest BCUT2D eigenvalue weighted by Crippen LogP contribution is 2.31. The lowest BCUT2D eigenvalue weighted by atomic mass is 10.0. The van der Waals surface area contributed by atoms with Crippen LogP contribution in [0.25, 0.3) is 0 Å². The van der Waals surface area contributed by atoms with E-state index in [0.29, 0.717) is 6.04 Å². The summed E-state index contributed by atoms with van der Waals surface area (Å²) < 4.78 is 0. The van der Waals surface area contributed by atoms with Crippen LogP contribution in [0.2, 0.25) is 0 Å². The fraction of sp³-hybridized carbons (Fsp3) is 0.562. The molecule has 0 radical (unpaired) electrons. The second-order valence-electron chi connectivity index (χ2n) is 6.09. The van der Waals surface area contributed by atoms with Crippen LogP contribution in [-0.2, 0) is 6.54 Å². The van der Waals surface area contributed by atoms with Crippen LogP contribution in [0.4, 0.5) is 0 Å². The van der Waals surface area contributed by atoms with Gasteiger partial charge in [0.05, 0.1) is 0 Å². The third kappa shape index (κ3) is 3.73. The molecule has 1 aliphatic rings. The van der Waals surface area contributed by atoms with E-state index in [0.717, 1.165) is 18.0 Å². The van der Waals surface area contributed by atoms with E-state index < -0.39 is 0 Å². The van der Waals surface area contributed by atoms with Crippen LogP contribution in [0.1, 0.15) is 43.4 Å². The Balaban J connectivity index is 2.11. The summed E-state index contributed by atoms with van der Waals surface area (Å²) in [5.41, 5.74) is 8.90. The van der Waals surface area contributed by atoms with Crippen molar-refractivity contribution in [3.63, 3.8) is 0 Å². The van der Waals surface area contributed by atoms with Crippen molar-refractivity contribution in [1.82, 2.24) is 4.90 Å². The molecule has 3 N–H and O–H groups in total. The Morgan fingerprint density at radius 3 is 2.65 bits per heavy atom. The van der Waals surface area contributed by atoms with Gasteiger partial charge in [0.2, 0.25) is 0 Å². The molecule has 1 saturated carbocycles. The number of aryl methyl sites for hydroxylation is 1. The summed E-state index contributed by atoms with van der Waals surface area (Å²) >= 11 is 0. The predicted molar refractivity (Wildman–Crippen MR) is 82.0 cm³/mol. The zero-order valence-electron chi connectivity index (χ0n) is 12.6. The number of nitrogens with two attached hydrogens (primary N) is 1. The maximum absolute atomic E-state index is 8.73. The highest BCUT2D eigenvalue weighted by molar-refractivity contribution is 5.97. The van der Waals surface area contributed by atoms with Crippen LogP contribution in [-0.4, -0.2) is 28.5 Å². The standard InChI is InChI=1S/C16H25N3O/c1-11(2)19(9-13-4-5-13)10-15-7-6-14(8-12(15)3)16(17)18-20/h6-8,11,13,20H,4-5,9-10H2,1-3H3,(H2,17,18). The van der Waals surface area contributed by atoms with Gasteiger partial charge in [0.1, 0.15) is 0 Å². The lowest BCUT2D eigenvalue weighted by molar-refractivity contribution is 0.203. The quantitative estimate of drug-likeness (QED) is 0.363. The maximum Gasteiger partial charge on any atom is 0.170 e. The molecule has 1 aromatic rings. The molecule has 0 saturated heterocycles. The summed E-state index contributed by atoms with van der Waals surface area (Å²) in [7, 11) is 0. The molecule has 0 spiro atoms. The van der Waals surface area contributed by atoms with E-state index in [-0.39, 0.29) is 5.84 Å². The van der Waals surface area contributed by atoms with Gasteiger partial charge in [-0.25, -0.2) is 0 Å². The molecule has 1 fully saturated rings. The fourth-order valence-electron chi connectivity index (χ4n) is 2.40. The highest BCUT2D eigenvalue weighted by Gasteiger charge is 2.25. The Morgan fingerprint density at radius 2 is 2.15 bits per heavy atom. The number of oxime groups is 1. The van der Waals surface area contributed by atoms with Crippen LogP contribution in [0.3, 0.4) is 0 Å². The van der Waals surface area contributed by atoms with Gasteiger partial charge in [0.15, 0.2) is 5.84 Å². The first-order chi connectivity index (χ1) is 9.51. The van der Waals surface area contributed by atoms with Gasteiger partial charge in [-0.3, -0.25) is 4.90 Å². The summed E-state index contributed by atoms with van der Waals surface area (Å²) in [6, 6.07) is 6.55. The Kier molecular flexibility index (Phi) is 4.65. The summed E-state index contributed by atoms with van der Waals surface area (Å²) in [6.45, 7) is 8.75. The third-order valence-corrected chi connectivity index (χ3v) is 4.04. The number of benzene rings is 1. The maximum atomic E-state index is 8.73. The summed E-state index contributed by atoms with van der Waals surface area (Å²) in [6.07, 6.45) is 2.76. The molecule has 0 bridgehead atoms. The van der Waals surface area contributed by atoms with E-state index in [2.05, 4.69) is 36.9 Å². The van der Waals surface area contributed by atoms with Gasteiger partial charge >= 0.3 is 0 Å². The summed E-state index contributed by atoms with van der Waals surface area (Å²) in [4.78, 5) is 2.53. The zero-order valence-corrected chi connectivity index (χ0v) is 12.6. The minimum absolute atomic E-state index is 0.165. The van der Waals surface area contributed by atoms with Crippen molar-refractivity contribution >= 4 is 5.84 Å². The first-order valence-corrected chi connectivity index (χ1v) is 7.32. The van der Waals surface area contributed by atoms with Crippen LogP contribution in [0.15, 0.2) is 23.4 Å². The van der Waals surface area contributed by atoms with Gasteiger partial charge in [0.25, 0.3) is 0 Å². The molecule has 0 amide bonds. The first kappa shape index (κ1) is 14.9. The molecule has 4 heteroatoms. The van der Waals surface area contributed by atoms with E-state index in [4.69, 9.17) is 10.9 Å². The van der Waals surface area contributed by atoms with E-state index in [9.17, 15) is 0 Å². The van der Waals surface area contributed by atoms with Gasteiger partial charge in [-0.15, -0.1) is 0 Å². The highest BCUT2D eigenvalue weighted by atomic mass is 16.4. The second-order valence-corrected chi connectivity index (χ2v) is 6.09. The normalized spacial score (nSPS) is 16.1. The molecule has 0 aromatic heterocycles. The van der Waals surface area contributed by atoms with E-state index >= 15 is 0 Å². The second kappa shape index (κ2) is 6.27. The Morgan fingerprint density at radius 1 is 1.45 bits per heavy atom. The smallest absolute Gasteiger partial charge is 0.170 e. The van der Waals surface area contributed by atoms with Crippen molar-refractivity contribution in [2.24, 2.45) is 16.8 Å². The Hall–Kier alpha value is -1.55. The Bertz CT molecular complexity index is 492. The number of rotatable bonds is 6. The molecular weight excluding hydrogens is 250 g/mol. The molecule has 0 atom stereocenters. The van der Waals surface area contributed by atoms with Gasteiger partial charge in [0, 0.05) is 24.7 Å². The molecule has 110 valence electrons. The molecule has 4 nitrogen and oxygen atoms in total. The van der Waals surface area contributed by atoms with Gasteiger partial charge in [-0.05, 0) is 56.7 Å². The van der Waals surface area contributed by atoms with Crippen molar-refractivity contribution in [2.45, 2.75) is 46.2 Å². The SMILES string of the molecule is Cc1cc(/C(N)=N/O)ccc1CN(CC1CC1)C(C)C. The van der Waals surface area contributed by atoms with Crippen molar-refractivity contribution in [3.8, 4) is 0 Å². The molecule has 0 aliphatic heterocycles.